The molecule has 0 heterocycles. The molecule has 1 heteroatoms. The van der Waals surface area contributed by atoms with E-state index in [2.05, 4.69) is 53.7 Å². The molecule has 0 N–H and O–H groups in total. The summed E-state index contributed by atoms with van der Waals surface area (Å²) >= 11 is 0. The third-order valence-corrected chi connectivity index (χ3v) is 4.97. The van der Waals surface area contributed by atoms with Gasteiger partial charge in [0.15, 0.2) is 0 Å². The van der Waals surface area contributed by atoms with Crippen molar-refractivity contribution in [2.45, 2.75) is 52.9 Å². The summed E-state index contributed by atoms with van der Waals surface area (Å²) in [5.41, 5.74) is 6.29. The molecule has 2 unspecified atom stereocenters. The quantitative estimate of drug-likeness (QED) is 0.651. The van der Waals surface area contributed by atoms with Crippen molar-refractivity contribution in [3.8, 4) is 6.07 Å². The first-order valence-corrected chi connectivity index (χ1v) is 6.37. The molecular formula is C16H21N. The highest BCUT2D eigenvalue weighted by molar-refractivity contribution is 5.56. The zero-order valence-electron chi connectivity index (χ0n) is 11.7. The molecule has 1 aromatic rings. The lowest BCUT2D eigenvalue weighted by molar-refractivity contribution is 0.342. The van der Waals surface area contributed by atoms with Crippen molar-refractivity contribution in [3.05, 3.63) is 33.9 Å². The van der Waals surface area contributed by atoms with E-state index in [1.165, 1.54) is 16.7 Å². The van der Waals surface area contributed by atoms with E-state index in [1.54, 1.807) is 0 Å². The Labute approximate surface area is 104 Å². The lowest BCUT2D eigenvalue weighted by Gasteiger charge is -2.27. The van der Waals surface area contributed by atoms with Gasteiger partial charge >= 0.3 is 0 Å². The average molecular weight is 227 g/mol. The van der Waals surface area contributed by atoms with Crippen molar-refractivity contribution in [1.82, 2.24) is 0 Å². The molecule has 1 nitrogen and oxygen atoms in total. The van der Waals surface area contributed by atoms with Crippen LogP contribution in [0.25, 0.3) is 0 Å². The standard InChI is InChI=1S/C16H21N/c1-9-7-14-15(11(3)13(9)8-17)10(2)12(4)16(14,5)6/h7,10,12H,1-6H3. The highest BCUT2D eigenvalue weighted by Crippen LogP contribution is 2.51. The van der Waals surface area contributed by atoms with Crippen LogP contribution in [-0.2, 0) is 5.41 Å². The Kier molecular flexibility index (Phi) is 2.58. The van der Waals surface area contributed by atoms with Gasteiger partial charge in [-0.05, 0) is 53.4 Å². The zero-order valence-corrected chi connectivity index (χ0v) is 11.7. The summed E-state index contributed by atoms with van der Waals surface area (Å²) in [5, 5.41) is 9.26. The fourth-order valence-corrected chi connectivity index (χ4v) is 3.41. The van der Waals surface area contributed by atoms with Gasteiger partial charge in [0, 0.05) is 0 Å². The first-order chi connectivity index (χ1) is 7.82. The molecule has 0 aliphatic heterocycles. The first-order valence-electron chi connectivity index (χ1n) is 6.37. The van der Waals surface area contributed by atoms with Crippen LogP contribution in [-0.4, -0.2) is 0 Å². The molecule has 1 aromatic carbocycles. The monoisotopic (exact) mass is 227 g/mol. The predicted octanol–water partition coefficient (Wildman–Crippen LogP) is 4.21. The van der Waals surface area contributed by atoms with E-state index >= 15 is 0 Å². The van der Waals surface area contributed by atoms with Gasteiger partial charge in [-0.3, -0.25) is 0 Å². The maximum Gasteiger partial charge on any atom is 0.0997 e. The van der Waals surface area contributed by atoms with E-state index in [-0.39, 0.29) is 5.41 Å². The van der Waals surface area contributed by atoms with Crippen LogP contribution in [0.1, 0.15) is 61.4 Å². The smallest absolute Gasteiger partial charge is 0.0997 e. The molecule has 0 spiro atoms. The van der Waals surface area contributed by atoms with Crippen LogP contribution in [0.3, 0.4) is 0 Å². The van der Waals surface area contributed by atoms with E-state index < -0.39 is 0 Å². The predicted molar refractivity (Wildman–Crippen MR) is 71.2 cm³/mol. The van der Waals surface area contributed by atoms with Gasteiger partial charge in [-0.15, -0.1) is 0 Å². The number of aryl methyl sites for hydroxylation is 1. The Morgan fingerprint density at radius 3 is 2.35 bits per heavy atom. The van der Waals surface area contributed by atoms with Crippen molar-refractivity contribution >= 4 is 0 Å². The van der Waals surface area contributed by atoms with Crippen LogP contribution in [0, 0.1) is 31.1 Å². The lowest BCUT2D eigenvalue weighted by Crippen LogP contribution is -2.22. The number of nitrogens with zero attached hydrogens (tertiary/aromatic N) is 1. The van der Waals surface area contributed by atoms with Crippen molar-refractivity contribution in [3.63, 3.8) is 0 Å². The minimum atomic E-state index is 0.220. The van der Waals surface area contributed by atoms with Crippen molar-refractivity contribution in [1.29, 1.82) is 5.26 Å². The maximum atomic E-state index is 9.26. The minimum absolute atomic E-state index is 0.220. The van der Waals surface area contributed by atoms with Crippen LogP contribution in [0.5, 0.6) is 0 Å². The Hall–Kier alpha value is -1.29. The van der Waals surface area contributed by atoms with E-state index in [0.29, 0.717) is 11.8 Å². The summed E-state index contributed by atoms with van der Waals surface area (Å²) in [6, 6.07) is 4.59. The Morgan fingerprint density at radius 2 is 1.82 bits per heavy atom. The van der Waals surface area contributed by atoms with Crippen LogP contribution in [0.15, 0.2) is 6.07 Å². The second-order valence-electron chi connectivity index (χ2n) is 6.07. The van der Waals surface area contributed by atoms with Gasteiger partial charge in [-0.25, -0.2) is 0 Å². The number of hydrogen-bond acceptors (Lipinski definition) is 1. The molecule has 0 radical (unpaired) electrons. The molecule has 0 fully saturated rings. The summed E-state index contributed by atoms with van der Waals surface area (Å²) in [6.45, 7) is 13.4. The highest BCUT2D eigenvalue weighted by Gasteiger charge is 2.42. The molecule has 0 saturated heterocycles. The number of fused-ring (bicyclic) bond motifs is 1. The summed E-state index contributed by atoms with van der Waals surface area (Å²) < 4.78 is 0. The lowest BCUT2D eigenvalue weighted by atomic mass is 9.77. The molecule has 2 rings (SSSR count). The topological polar surface area (TPSA) is 23.8 Å². The third kappa shape index (κ3) is 1.43. The van der Waals surface area contributed by atoms with Gasteiger partial charge in [0.25, 0.3) is 0 Å². The third-order valence-electron chi connectivity index (χ3n) is 4.97. The van der Waals surface area contributed by atoms with E-state index in [4.69, 9.17) is 0 Å². The van der Waals surface area contributed by atoms with E-state index in [1.807, 2.05) is 0 Å². The summed E-state index contributed by atoms with van der Waals surface area (Å²) in [4.78, 5) is 0. The minimum Gasteiger partial charge on any atom is -0.192 e. The van der Waals surface area contributed by atoms with Crippen LogP contribution < -0.4 is 0 Å². The first kappa shape index (κ1) is 12.2. The summed E-state index contributed by atoms with van der Waals surface area (Å²) in [5.74, 6) is 1.18. The van der Waals surface area contributed by atoms with Crippen molar-refractivity contribution in [2.24, 2.45) is 5.92 Å². The molecule has 1 aliphatic carbocycles. The Bertz CT molecular complexity index is 517. The number of benzene rings is 1. The molecule has 0 amide bonds. The fourth-order valence-electron chi connectivity index (χ4n) is 3.41. The molecule has 17 heavy (non-hydrogen) atoms. The van der Waals surface area contributed by atoms with Crippen LogP contribution in [0.2, 0.25) is 0 Å². The highest BCUT2D eigenvalue weighted by atomic mass is 14.5. The van der Waals surface area contributed by atoms with Gasteiger partial charge in [0.05, 0.1) is 11.6 Å². The van der Waals surface area contributed by atoms with Crippen LogP contribution >= 0.6 is 0 Å². The Balaban J connectivity index is 2.81. The Morgan fingerprint density at radius 1 is 1.24 bits per heavy atom. The molecular weight excluding hydrogens is 206 g/mol. The average Bonchev–Trinajstić information content (AvgIpc) is 2.41. The molecule has 1 aliphatic rings. The molecule has 0 bridgehead atoms. The normalized spacial score (nSPS) is 25.5. The molecule has 2 atom stereocenters. The van der Waals surface area contributed by atoms with Gasteiger partial charge in [0.2, 0.25) is 0 Å². The zero-order chi connectivity index (χ0) is 13.0. The van der Waals surface area contributed by atoms with E-state index in [9.17, 15) is 5.26 Å². The molecule has 0 aromatic heterocycles. The van der Waals surface area contributed by atoms with Crippen LogP contribution in [0.4, 0.5) is 0 Å². The number of nitriles is 1. The van der Waals surface area contributed by atoms with Gasteiger partial charge in [0.1, 0.15) is 0 Å². The van der Waals surface area contributed by atoms with Gasteiger partial charge < -0.3 is 0 Å². The molecule has 90 valence electrons. The number of hydrogen-bond donors (Lipinski definition) is 0. The summed E-state index contributed by atoms with van der Waals surface area (Å²) in [6.07, 6.45) is 0. The van der Waals surface area contributed by atoms with Gasteiger partial charge in [-0.1, -0.05) is 33.8 Å². The van der Waals surface area contributed by atoms with E-state index in [0.717, 1.165) is 11.1 Å². The summed E-state index contributed by atoms with van der Waals surface area (Å²) in [7, 11) is 0. The molecule has 0 saturated carbocycles. The second-order valence-corrected chi connectivity index (χ2v) is 6.07. The largest absolute Gasteiger partial charge is 0.192 e. The van der Waals surface area contributed by atoms with Gasteiger partial charge in [-0.2, -0.15) is 5.26 Å². The van der Waals surface area contributed by atoms with Crippen molar-refractivity contribution in [2.75, 3.05) is 0 Å². The number of rotatable bonds is 0. The maximum absolute atomic E-state index is 9.26. The fraction of sp³-hybridized carbons (Fsp3) is 0.562. The SMILES string of the molecule is Cc1cc2c(c(C)c1C#N)C(C)C(C)C2(C)C. The second kappa shape index (κ2) is 3.60. The van der Waals surface area contributed by atoms with Crippen molar-refractivity contribution < 1.29 is 0 Å².